The van der Waals surface area contributed by atoms with Crippen molar-refractivity contribution in [1.29, 1.82) is 0 Å². The predicted molar refractivity (Wildman–Crippen MR) is 79.4 cm³/mol. The van der Waals surface area contributed by atoms with E-state index in [1.165, 1.54) is 42.1 Å². The molecule has 102 valence electrons. The van der Waals surface area contributed by atoms with Gasteiger partial charge < -0.3 is 9.67 Å². The lowest BCUT2D eigenvalue weighted by atomic mass is 9.98. The Hall–Kier alpha value is -1.28. The second kappa shape index (κ2) is 4.68. The molecule has 0 amide bonds. The summed E-state index contributed by atoms with van der Waals surface area (Å²) in [5.41, 5.74) is 1.91. The van der Waals surface area contributed by atoms with Crippen molar-refractivity contribution < 1.29 is 5.11 Å². The molecule has 1 aromatic carbocycles. The molecule has 0 spiro atoms. The van der Waals surface area contributed by atoms with E-state index in [0.29, 0.717) is 12.5 Å². The second-order valence-corrected chi connectivity index (χ2v) is 6.54. The Kier molecular flexibility index (Phi) is 3.14. The normalized spacial score (nSPS) is 17.4. The maximum Gasteiger partial charge on any atom is 0.0631 e. The van der Waals surface area contributed by atoms with Gasteiger partial charge in [-0.15, -0.1) is 0 Å². The molecule has 2 nitrogen and oxygen atoms in total. The molecule has 1 aromatic heterocycles. The molecule has 0 bridgehead atoms. The molecular weight excluding hydrogens is 234 g/mol. The minimum atomic E-state index is -0.637. The number of rotatable bonds is 3. The lowest BCUT2D eigenvalue weighted by Gasteiger charge is -2.17. The molecule has 1 N–H and O–H groups in total. The van der Waals surface area contributed by atoms with Gasteiger partial charge in [-0.3, -0.25) is 0 Å². The first-order valence-electron chi connectivity index (χ1n) is 7.35. The van der Waals surface area contributed by atoms with E-state index in [9.17, 15) is 5.11 Å². The van der Waals surface area contributed by atoms with Gasteiger partial charge in [0.1, 0.15) is 0 Å². The van der Waals surface area contributed by atoms with E-state index >= 15 is 0 Å². The van der Waals surface area contributed by atoms with Crippen molar-refractivity contribution in [2.75, 3.05) is 0 Å². The Bertz CT molecular complexity index is 570. The van der Waals surface area contributed by atoms with Gasteiger partial charge >= 0.3 is 0 Å². The quantitative estimate of drug-likeness (QED) is 0.881. The number of benzene rings is 1. The summed E-state index contributed by atoms with van der Waals surface area (Å²) < 4.78 is 2.44. The van der Waals surface area contributed by atoms with Gasteiger partial charge in [-0.25, -0.2) is 0 Å². The fourth-order valence-corrected chi connectivity index (χ4v) is 3.32. The molecule has 2 aromatic rings. The average molecular weight is 257 g/mol. The van der Waals surface area contributed by atoms with Gasteiger partial charge in [-0.1, -0.05) is 18.9 Å². The number of nitrogens with zero attached hydrogens (tertiary/aromatic N) is 1. The van der Waals surface area contributed by atoms with Crippen LogP contribution in [-0.4, -0.2) is 15.3 Å². The highest BCUT2D eigenvalue weighted by Gasteiger charge is 2.18. The zero-order chi connectivity index (χ0) is 13.5. The third kappa shape index (κ3) is 2.69. The molecular formula is C17H23NO. The van der Waals surface area contributed by atoms with Gasteiger partial charge in [-0.2, -0.15) is 0 Å². The minimum absolute atomic E-state index is 0.637. The van der Waals surface area contributed by atoms with Crippen LogP contribution in [0.25, 0.3) is 10.9 Å². The molecule has 2 heteroatoms. The average Bonchev–Trinajstić information content (AvgIpc) is 2.93. The van der Waals surface area contributed by atoms with E-state index < -0.39 is 5.60 Å². The van der Waals surface area contributed by atoms with Gasteiger partial charge in [0, 0.05) is 24.2 Å². The van der Waals surface area contributed by atoms with Crippen molar-refractivity contribution in [1.82, 2.24) is 4.57 Å². The first-order valence-corrected chi connectivity index (χ1v) is 7.35. The van der Waals surface area contributed by atoms with Crippen LogP contribution in [0.15, 0.2) is 30.5 Å². The fraction of sp³-hybridized carbons (Fsp3) is 0.529. The van der Waals surface area contributed by atoms with Crippen LogP contribution in [0.1, 0.15) is 51.1 Å². The van der Waals surface area contributed by atoms with Gasteiger partial charge in [0.05, 0.1) is 5.60 Å². The fourth-order valence-electron chi connectivity index (χ4n) is 3.32. The molecule has 0 atom stereocenters. The van der Waals surface area contributed by atoms with Crippen molar-refractivity contribution >= 4 is 10.9 Å². The van der Waals surface area contributed by atoms with Crippen LogP contribution >= 0.6 is 0 Å². The van der Waals surface area contributed by atoms with E-state index in [2.05, 4.69) is 35.0 Å². The van der Waals surface area contributed by atoms with Crippen LogP contribution < -0.4 is 0 Å². The Morgan fingerprint density at radius 1 is 1.21 bits per heavy atom. The standard InChI is InChI=1S/C17H23NO/c1-17(2,19)12-13-7-8-16-14(11-13)9-10-18(16)15-5-3-4-6-15/h7-11,15,19H,3-6,12H2,1-2H3. The first-order chi connectivity index (χ1) is 9.03. The van der Waals surface area contributed by atoms with Crippen LogP contribution in [0, 0.1) is 0 Å². The van der Waals surface area contributed by atoms with E-state index in [4.69, 9.17) is 0 Å². The molecule has 1 heterocycles. The highest BCUT2D eigenvalue weighted by atomic mass is 16.3. The summed E-state index contributed by atoms with van der Waals surface area (Å²) in [5.74, 6) is 0. The Labute approximate surface area is 115 Å². The Morgan fingerprint density at radius 2 is 1.95 bits per heavy atom. The lowest BCUT2D eigenvalue weighted by Crippen LogP contribution is -2.21. The second-order valence-electron chi connectivity index (χ2n) is 6.54. The van der Waals surface area contributed by atoms with Crippen LogP contribution in [0.3, 0.4) is 0 Å². The predicted octanol–water partition coefficient (Wildman–Crippen LogP) is 4.07. The Morgan fingerprint density at radius 3 is 2.63 bits per heavy atom. The van der Waals surface area contributed by atoms with E-state index in [-0.39, 0.29) is 0 Å². The van der Waals surface area contributed by atoms with Crippen molar-refractivity contribution in [3.8, 4) is 0 Å². The molecule has 0 radical (unpaired) electrons. The molecule has 0 aliphatic heterocycles. The summed E-state index contributed by atoms with van der Waals surface area (Å²) in [4.78, 5) is 0. The Balaban J connectivity index is 1.93. The number of hydrogen-bond donors (Lipinski definition) is 1. The largest absolute Gasteiger partial charge is 0.390 e. The van der Waals surface area contributed by atoms with Crippen molar-refractivity contribution in [3.63, 3.8) is 0 Å². The van der Waals surface area contributed by atoms with Gasteiger partial charge in [0.2, 0.25) is 0 Å². The minimum Gasteiger partial charge on any atom is -0.390 e. The zero-order valence-corrected chi connectivity index (χ0v) is 11.9. The molecule has 1 fully saturated rings. The maximum absolute atomic E-state index is 9.92. The summed E-state index contributed by atoms with van der Waals surface area (Å²) in [6.45, 7) is 3.72. The van der Waals surface area contributed by atoms with Crippen molar-refractivity contribution in [2.24, 2.45) is 0 Å². The topological polar surface area (TPSA) is 25.2 Å². The lowest BCUT2D eigenvalue weighted by molar-refractivity contribution is 0.0810. The molecule has 0 saturated heterocycles. The van der Waals surface area contributed by atoms with E-state index in [0.717, 1.165) is 0 Å². The van der Waals surface area contributed by atoms with Gasteiger partial charge in [0.15, 0.2) is 0 Å². The number of fused-ring (bicyclic) bond motifs is 1. The third-order valence-corrected chi connectivity index (χ3v) is 4.14. The van der Waals surface area contributed by atoms with E-state index in [1.54, 1.807) is 0 Å². The first kappa shape index (κ1) is 12.7. The van der Waals surface area contributed by atoms with Crippen LogP contribution in [0.5, 0.6) is 0 Å². The molecule has 1 aliphatic rings. The summed E-state index contributed by atoms with van der Waals surface area (Å²) in [7, 11) is 0. The molecule has 3 rings (SSSR count). The number of hydrogen-bond acceptors (Lipinski definition) is 1. The van der Waals surface area contributed by atoms with Crippen molar-refractivity contribution in [3.05, 3.63) is 36.0 Å². The van der Waals surface area contributed by atoms with Crippen LogP contribution in [-0.2, 0) is 6.42 Å². The molecule has 0 unspecified atom stereocenters. The number of aliphatic hydroxyl groups is 1. The summed E-state index contributed by atoms with van der Waals surface area (Å²) in [6, 6.07) is 9.50. The SMILES string of the molecule is CC(C)(O)Cc1ccc2c(ccn2C2CCCC2)c1. The molecule has 1 aliphatic carbocycles. The van der Waals surface area contributed by atoms with Gasteiger partial charge in [0.25, 0.3) is 0 Å². The van der Waals surface area contributed by atoms with Gasteiger partial charge in [-0.05, 0) is 55.8 Å². The zero-order valence-electron chi connectivity index (χ0n) is 11.9. The smallest absolute Gasteiger partial charge is 0.0631 e. The monoisotopic (exact) mass is 257 g/mol. The maximum atomic E-state index is 9.92. The highest BCUT2D eigenvalue weighted by molar-refractivity contribution is 5.81. The summed E-state index contributed by atoms with van der Waals surface area (Å²) in [6.07, 6.45) is 8.29. The molecule has 1 saturated carbocycles. The van der Waals surface area contributed by atoms with Crippen LogP contribution in [0.2, 0.25) is 0 Å². The van der Waals surface area contributed by atoms with E-state index in [1.807, 2.05) is 13.8 Å². The summed E-state index contributed by atoms with van der Waals surface area (Å²) >= 11 is 0. The number of aromatic nitrogens is 1. The van der Waals surface area contributed by atoms with Crippen molar-refractivity contribution in [2.45, 2.75) is 57.6 Å². The third-order valence-electron chi connectivity index (χ3n) is 4.14. The summed E-state index contributed by atoms with van der Waals surface area (Å²) in [5, 5.41) is 11.2. The van der Waals surface area contributed by atoms with Crippen LogP contribution in [0.4, 0.5) is 0 Å². The highest BCUT2D eigenvalue weighted by Crippen LogP contribution is 2.33. The molecule has 19 heavy (non-hydrogen) atoms.